The van der Waals surface area contributed by atoms with Gasteiger partial charge >= 0.3 is 0 Å². The quantitative estimate of drug-likeness (QED) is 0.732. The molecule has 3 atom stereocenters. The van der Waals surface area contributed by atoms with Gasteiger partial charge < -0.3 is 18.6 Å². The normalized spacial score (nSPS) is 33.5. The van der Waals surface area contributed by atoms with Gasteiger partial charge in [0.25, 0.3) is 0 Å². The Morgan fingerprint density at radius 3 is 2.50 bits per heavy atom. The van der Waals surface area contributed by atoms with Crippen molar-refractivity contribution in [2.24, 2.45) is 0 Å². The lowest BCUT2D eigenvalue weighted by Gasteiger charge is -2.47. The van der Waals surface area contributed by atoms with Gasteiger partial charge in [0, 0.05) is 0 Å². The fourth-order valence-corrected chi connectivity index (χ4v) is 3.41. The lowest BCUT2D eigenvalue weighted by molar-refractivity contribution is -0.317. The molecule has 2 heterocycles. The van der Waals surface area contributed by atoms with Crippen molar-refractivity contribution in [3.63, 3.8) is 0 Å². The van der Waals surface area contributed by atoms with E-state index in [1.54, 1.807) is 6.26 Å². The highest BCUT2D eigenvalue weighted by Gasteiger charge is 2.47. The van der Waals surface area contributed by atoms with Crippen LogP contribution in [0.25, 0.3) is 0 Å². The predicted octanol–water partition coefficient (Wildman–Crippen LogP) is 3.44. The van der Waals surface area contributed by atoms with Crippen LogP contribution in [0.2, 0.25) is 18.1 Å². The Morgan fingerprint density at radius 2 is 1.90 bits per heavy atom. The summed E-state index contributed by atoms with van der Waals surface area (Å²) in [5.41, 5.74) is 0. The van der Waals surface area contributed by atoms with Gasteiger partial charge in [-0.15, -0.1) is 0 Å². The minimum atomic E-state index is -1.84. The number of hydrogen-bond donors (Lipinski definition) is 0. The van der Waals surface area contributed by atoms with E-state index in [4.69, 9.17) is 18.6 Å². The lowest BCUT2D eigenvalue weighted by atomic mass is 10.0. The van der Waals surface area contributed by atoms with E-state index in [0.29, 0.717) is 6.61 Å². The molecule has 0 amide bonds. The van der Waals surface area contributed by atoms with Crippen LogP contribution in [-0.2, 0) is 18.6 Å². The summed E-state index contributed by atoms with van der Waals surface area (Å²) in [7, 11) is -1.84. The Hall–Kier alpha value is -0.363. The molecule has 0 aliphatic carbocycles. The van der Waals surface area contributed by atoms with Crippen molar-refractivity contribution in [1.29, 1.82) is 0 Å². The van der Waals surface area contributed by atoms with Gasteiger partial charge in [0.15, 0.2) is 20.2 Å². The Labute approximate surface area is 123 Å². The van der Waals surface area contributed by atoms with E-state index in [2.05, 4.69) is 33.9 Å². The van der Waals surface area contributed by atoms with Crippen LogP contribution in [0.3, 0.4) is 0 Å². The van der Waals surface area contributed by atoms with Gasteiger partial charge in [-0.2, -0.15) is 0 Å². The largest absolute Gasteiger partial charge is 0.493 e. The van der Waals surface area contributed by atoms with Crippen LogP contribution < -0.4 is 0 Å². The van der Waals surface area contributed by atoms with E-state index < -0.39 is 14.1 Å². The van der Waals surface area contributed by atoms with Crippen molar-refractivity contribution in [3.8, 4) is 0 Å². The molecule has 4 nitrogen and oxygen atoms in total. The van der Waals surface area contributed by atoms with Crippen molar-refractivity contribution < 1.29 is 18.6 Å². The highest BCUT2D eigenvalue weighted by Crippen LogP contribution is 2.39. The molecule has 116 valence electrons. The maximum Gasteiger partial charge on any atom is 0.193 e. The third-order valence-corrected chi connectivity index (χ3v) is 8.94. The average Bonchev–Trinajstić information content (AvgIpc) is 2.27. The third kappa shape index (κ3) is 3.27. The van der Waals surface area contributed by atoms with E-state index in [1.165, 1.54) is 0 Å². The van der Waals surface area contributed by atoms with Crippen molar-refractivity contribution in [2.45, 2.75) is 76.8 Å². The molecule has 0 aromatic rings. The summed E-state index contributed by atoms with van der Waals surface area (Å²) < 4.78 is 23.8. The molecule has 0 aromatic heterocycles. The van der Waals surface area contributed by atoms with Gasteiger partial charge in [-0.3, -0.25) is 0 Å². The van der Waals surface area contributed by atoms with E-state index in [-0.39, 0.29) is 23.4 Å². The third-order valence-electron chi connectivity index (χ3n) is 4.46. The highest BCUT2D eigenvalue weighted by atomic mass is 28.4. The second kappa shape index (κ2) is 5.12. The maximum atomic E-state index is 6.50. The van der Waals surface area contributed by atoms with Crippen molar-refractivity contribution in [2.75, 3.05) is 6.61 Å². The van der Waals surface area contributed by atoms with E-state index in [9.17, 15) is 0 Å². The van der Waals surface area contributed by atoms with Crippen LogP contribution in [-0.4, -0.2) is 39.0 Å². The molecule has 1 saturated heterocycles. The Bertz CT molecular complexity index is 384. The Balaban J connectivity index is 2.14. The molecule has 0 N–H and O–H groups in total. The van der Waals surface area contributed by atoms with Crippen LogP contribution in [0.1, 0.15) is 34.6 Å². The first kappa shape index (κ1) is 16.0. The smallest absolute Gasteiger partial charge is 0.193 e. The zero-order chi connectivity index (χ0) is 15.2. The molecule has 0 bridgehead atoms. The van der Waals surface area contributed by atoms with Crippen LogP contribution >= 0.6 is 0 Å². The monoisotopic (exact) mass is 300 g/mol. The zero-order valence-electron chi connectivity index (χ0n) is 13.7. The molecule has 0 radical (unpaired) electrons. The van der Waals surface area contributed by atoms with Crippen molar-refractivity contribution in [1.82, 2.24) is 0 Å². The van der Waals surface area contributed by atoms with Gasteiger partial charge in [0.1, 0.15) is 6.10 Å². The van der Waals surface area contributed by atoms with Gasteiger partial charge in [-0.05, 0) is 38.1 Å². The Kier molecular flexibility index (Phi) is 4.10. The number of rotatable bonds is 2. The summed E-state index contributed by atoms with van der Waals surface area (Å²) in [6.07, 6.45) is 3.46. The molecule has 1 fully saturated rings. The summed E-state index contributed by atoms with van der Waals surface area (Å²) in [6.45, 7) is 15.7. The topological polar surface area (TPSA) is 36.9 Å². The second-order valence-corrected chi connectivity index (χ2v) is 12.4. The average molecular weight is 300 g/mol. The second-order valence-electron chi connectivity index (χ2n) is 7.64. The standard InChI is InChI=1S/C15H28O4Si/c1-14(2,3)20(6,7)19-11-8-9-16-12-10-17-15(4,5)18-13(11)12/h8-9,11-13H,10H2,1-7H3/t11-,12-,13+/m1/s1. The Morgan fingerprint density at radius 1 is 1.25 bits per heavy atom. The van der Waals surface area contributed by atoms with Gasteiger partial charge in [0.2, 0.25) is 0 Å². The molecule has 20 heavy (non-hydrogen) atoms. The summed E-state index contributed by atoms with van der Waals surface area (Å²) in [6, 6.07) is 0. The number of fused-ring (bicyclic) bond motifs is 1. The minimum Gasteiger partial charge on any atom is -0.493 e. The fraction of sp³-hybridized carbons (Fsp3) is 0.867. The summed E-state index contributed by atoms with van der Waals surface area (Å²) in [5.74, 6) is -0.579. The van der Waals surface area contributed by atoms with Crippen LogP contribution in [0.15, 0.2) is 12.3 Å². The first-order chi connectivity index (χ1) is 9.02. The molecule has 0 saturated carbocycles. The summed E-state index contributed by atoms with van der Waals surface area (Å²) >= 11 is 0. The van der Waals surface area contributed by atoms with E-state index in [0.717, 1.165) is 0 Å². The summed E-state index contributed by atoms with van der Waals surface area (Å²) in [5, 5.41) is 0.176. The maximum absolute atomic E-state index is 6.50. The molecule has 0 spiro atoms. The SMILES string of the molecule is CC1(C)OC[C@H]2OC=C[C@@H](O[Si](C)(C)C(C)(C)C)[C@@H]2O1. The highest BCUT2D eigenvalue weighted by molar-refractivity contribution is 6.74. The zero-order valence-corrected chi connectivity index (χ0v) is 14.7. The fourth-order valence-electron chi connectivity index (χ4n) is 2.17. The van der Waals surface area contributed by atoms with Crippen LogP contribution in [0.5, 0.6) is 0 Å². The molecular formula is C15H28O4Si. The van der Waals surface area contributed by atoms with Crippen molar-refractivity contribution in [3.05, 3.63) is 12.3 Å². The van der Waals surface area contributed by atoms with Crippen LogP contribution in [0, 0.1) is 0 Å². The molecule has 2 aliphatic heterocycles. The molecule has 2 aliphatic rings. The van der Waals surface area contributed by atoms with Gasteiger partial charge in [-0.25, -0.2) is 0 Å². The molecule has 5 heteroatoms. The molecule has 2 rings (SSSR count). The van der Waals surface area contributed by atoms with E-state index >= 15 is 0 Å². The van der Waals surface area contributed by atoms with Crippen LogP contribution in [0.4, 0.5) is 0 Å². The lowest BCUT2D eigenvalue weighted by Crippen LogP contribution is -2.58. The number of ether oxygens (including phenoxy) is 3. The molecular weight excluding hydrogens is 272 g/mol. The predicted molar refractivity (Wildman–Crippen MR) is 81.0 cm³/mol. The minimum absolute atomic E-state index is 0.0576. The van der Waals surface area contributed by atoms with Crippen molar-refractivity contribution >= 4 is 8.32 Å². The summed E-state index contributed by atoms with van der Waals surface area (Å²) in [4.78, 5) is 0. The molecule has 0 aromatic carbocycles. The number of hydrogen-bond acceptors (Lipinski definition) is 4. The van der Waals surface area contributed by atoms with Gasteiger partial charge in [0.05, 0.1) is 19.0 Å². The first-order valence-corrected chi connectivity index (χ1v) is 10.2. The molecule has 0 unspecified atom stereocenters. The first-order valence-electron chi connectivity index (χ1n) is 7.34. The van der Waals surface area contributed by atoms with E-state index in [1.807, 2.05) is 19.9 Å². The van der Waals surface area contributed by atoms with Gasteiger partial charge in [-0.1, -0.05) is 20.8 Å².